The topological polar surface area (TPSA) is 81.7 Å². The molecule has 10 heteroatoms. The third kappa shape index (κ3) is 5.22. The van der Waals surface area contributed by atoms with Crippen LogP contribution in [0.3, 0.4) is 0 Å². The van der Waals surface area contributed by atoms with Gasteiger partial charge < -0.3 is 24.8 Å². The Kier molecular flexibility index (Phi) is 7.17. The smallest absolute Gasteiger partial charge is 0.323 e. The summed E-state index contributed by atoms with van der Waals surface area (Å²) in [6.07, 6.45) is 1.63. The zero-order valence-electron chi connectivity index (χ0n) is 18.0. The van der Waals surface area contributed by atoms with Gasteiger partial charge in [-0.3, -0.25) is 4.98 Å². The molecular weight excluding hydrogens is 501 g/mol. The van der Waals surface area contributed by atoms with E-state index in [2.05, 4.69) is 15.6 Å². The molecule has 0 saturated carbocycles. The summed E-state index contributed by atoms with van der Waals surface area (Å²) in [5.41, 5.74) is 1.44. The van der Waals surface area contributed by atoms with E-state index in [1.54, 1.807) is 75.0 Å². The predicted molar refractivity (Wildman–Crippen MR) is 135 cm³/mol. The van der Waals surface area contributed by atoms with Crippen LogP contribution < -0.4 is 24.8 Å². The number of benzene rings is 3. The van der Waals surface area contributed by atoms with Crippen LogP contribution in [0.1, 0.15) is 0 Å². The van der Waals surface area contributed by atoms with Crippen LogP contribution in [0.25, 0.3) is 10.9 Å². The first kappa shape index (κ1) is 23.8. The van der Waals surface area contributed by atoms with Crippen LogP contribution in [-0.2, 0) is 0 Å². The Bertz CT molecular complexity index is 1380. The number of ether oxygens (including phenoxy) is 3. The largest absolute Gasteiger partial charge is 0.493 e. The quantitative estimate of drug-likeness (QED) is 0.274. The highest BCUT2D eigenvalue weighted by atomic mass is 35.5. The maximum absolute atomic E-state index is 12.4. The number of rotatable bonds is 6. The molecule has 0 aliphatic carbocycles. The number of nitrogens with one attached hydrogen (secondary N) is 2. The van der Waals surface area contributed by atoms with Crippen molar-refractivity contribution in [1.29, 1.82) is 0 Å². The molecular formula is C24H18Cl3N3O4. The second-order valence-corrected chi connectivity index (χ2v) is 8.23. The Morgan fingerprint density at radius 1 is 0.794 bits per heavy atom. The summed E-state index contributed by atoms with van der Waals surface area (Å²) >= 11 is 18.4. The van der Waals surface area contributed by atoms with Crippen LogP contribution in [-0.4, -0.2) is 25.2 Å². The Labute approximate surface area is 210 Å². The number of pyridine rings is 1. The number of urea groups is 1. The van der Waals surface area contributed by atoms with Crippen LogP contribution in [0.5, 0.6) is 23.0 Å². The normalized spacial score (nSPS) is 10.6. The average Bonchev–Trinajstić information content (AvgIpc) is 2.82. The molecule has 2 N–H and O–H groups in total. The van der Waals surface area contributed by atoms with Crippen molar-refractivity contribution in [1.82, 2.24) is 4.98 Å². The lowest BCUT2D eigenvalue weighted by molar-refractivity contribution is 0.262. The molecule has 4 rings (SSSR count). The highest BCUT2D eigenvalue weighted by Crippen LogP contribution is 2.38. The van der Waals surface area contributed by atoms with Crippen molar-refractivity contribution in [3.63, 3.8) is 0 Å². The molecule has 1 aromatic heterocycles. The summed E-state index contributed by atoms with van der Waals surface area (Å²) in [5, 5.41) is 7.12. The zero-order chi connectivity index (χ0) is 24.2. The van der Waals surface area contributed by atoms with Crippen molar-refractivity contribution in [3.8, 4) is 23.0 Å². The second kappa shape index (κ2) is 10.3. The number of hydrogen-bond donors (Lipinski definition) is 2. The number of anilines is 2. The molecule has 0 unspecified atom stereocenters. The summed E-state index contributed by atoms with van der Waals surface area (Å²) in [5.74, 6) is 2.14. The van der Waals surface area contributed by atoms with E-state index in [0.717, 1.165) is 5.39 Å². The molecule has 0 bridgehead atoms. The van der Waals surface area contributed by atoms with Gasteiger partial charge in [-0.25, -0.2) is 4.79 Å². The van der Waals surface area contributed by atoms with Crippen LogP contribution in [0.15, 0.2) is 60.8 Å². The number of halogens is 3. The van der Waals surface area contributed by atoms with Gasteiger partial charge in [0.25, 0.3) is 0 Å². The third-order valence-electron chi connectivity index (χ3n) is 4.80. The number of hydrogen-bond acceptors (Lipinski definition) is 5. The van der Waals surface area contributed by atoms with E-state index >= 15 is 0 Å². The first-order chi connectivity index (χ1) is 16.4. The van der Waals surface area contributed by atoms with E-state index in [-0.39, 0.29) is 5.02 Å². The van der Waals surface area contributed by atoms with E-state index in [9.17, 15) is 4.79 Å². The molecule has 1 heterocycles. The number of amides is 2. The molecule has 0 saturated heterocycles. The molecule has 0 spiro atoms. The summed E-state index contributed by atoms with van der Waals surface area (Å²) < 4.78 is 16.8. The van der Waals surface area contributed by atoms with Crippen molar-refractivity contribution in [2.24, 2.45) is 0 Å². The van der Waals surface area contributed by atoms with Crippen molar-refractivity contribution in [2.75, 3.05) is 24.9 Å². The number of carbonyl (C=O) groups is 1. The SMILES string of the molecule is COc1cc2nccc(Oc3ccc(NC(=O)Nc4cc(Cl)ccc4Cl)c(Cl)c3)c2cc1OC. The molecule has 7 nitrogen and oxygen atoms in total. The van der Waals surface area contributed by atoms with Gasteiger partial charge >= 0.3 is 6.03 Å². The lowest BCUT2D eigenvalue weighted by Crippen LogP contribution is -2.19. The van der Waals surface area contributed by atoms with Crippen LogP contribution in [0, 0.1) is 0 Å². The van der Waals surface area contributed by atoms with Gasteiger partial charge in [0.05, 0.1) is 41.2 Å². The third-order valence-corrected chi connectivity index (χ3v) is 5.68. The molecule has 0 radical (unpaired) electrons. The van der Waals surface area contributed by atoms with E-state index in [1.165, 1.54) is 0 Å². The number of aromatic nitrogens is 1. The van der Waals surface area contributed by atoms with E-state index in [1.807, 2.05) is 0 Å². The highest BCUT2D eigenvalue weighted by Gasteiger charge is 2.13. The monoisotopic (exact) mass is 517 g/mol. The zero-order valence-corrected chi connectivity index (χ0v) is 20.3. The van der Waals surface area contributed by atoms with Crippen molar-refractivity contribution in [3.05, 3.63) is 75.9 Å². The fraction of sp³-hybridized carbons (Fsp3) is 0.0833. The Balaban J connectivity index is 1.53. The lowest BCUT2D eigenvalue weighted by Gasteiger charge is -2.14. The van der Waals surface area contributed by atoms with Gasteiger partial charge in [-0.1, -0.05) is 34.8 Å². The van der Waals surface area contributed by atoms with Crippen LogP contribution >= 0.6 is 34.8 Å². The molecule has 4 aromatic rings. The second-order valence-electron chi connectivity index (χ2n) is 6.98. The maximum atomic E-state index is 12.4. The molecule has 0 atom stereocenters. The minimum atomic E-state index is -0.527. The summed E-state index contributed by atoms with van der Waals surface area (Å²) in [7, 11) is 3.12. The first-order valence-corrected chi connectivity index (χ1v) is 11.0. The molecule has 0 aliphatic rings. The Hall–Kier alpha value is -3.39. The van der Waals surface area contributed by atoms with Crippen LogP contribution in [0.4, 0.5) is 16.2 Å². The summed E-state index contributed by atoms with van der Waals surface area (Å²) in [6.45, 7) is 0. The van der Waals surface area contributed by atoms with Gasteiger partial charge in [0.15, 0.2) is 11.5 Å². The average molecular weight is 519 g/mol. The maximum Gasteiger partial charge on any atom is 0.323 e. The minimum absolute atomic E-state index is 0.280. The first-order valence-electron chi connectivity index (χ1n) is 9.89. The standard InChI is InChI=1S/C24H18Cl3N3O4/c1-32-22-11-15-19(12-23(22)33-2)28-8-7-21(15)34-14-4-6-18(17(27)10-14)29-24(31)30-20-9-13(25)3-5-16(20)26/h3-12H,1-2H3,(H2,29,30,31). The Morgan fingerprint density at radius 3 is 2.26 bits per heavy atom. The summed E-state index contributed by atoms with van der Waals surface area (Å²) in [6, 6.07) is 14.4. The number of methoxy groups -OCH3 is 2. The molecule has 2 amide bonds. The van der Waals surface area contributed by atoms with Gasteiger partial charge in [-0.2, -0.15) is 0 Å². The van der Waals surface area contributed by atoms with Gasteiger partial charge in [-0.15, -0.1) is 0 Å². The molecule has 0 aliphatic heterocycles. The van der Waals surface area contributed by atoms with Gasteiger partial charge in [0, 0.05) is 28.7 Å². The molecule has 3 aromatic carbocycles. The van der Waals surface area contributed by atoms with Crippen molar-refractivity contribution in [2.45, 2.75) is 0 Å². The molecule has 34 heavy (non-hydrogen) atoms. The molecule has 0 fully saturated rings. The highest BCUT2D eigenvalue weighted by molar-refractivity contribution is 6.36. The van der Waals surface area contributed by atoms with E-state index in [4.69, 9.17) is 49.0 Å². The van der Waals surface area contributed by atoms with Gasteiger partial charge in [0.2, 0.25) is 0 Å². The molecule has 174 valence electrons. The predicted octanol–water partition coefficient (Wildman–Crippen LogP) is 7.65. The number of nitrogens with zero attached hydrogens (tertiary/aromatic N) is 1. The Morgan fingerprint density at radius 2 is 1.53 bits per heavy atom. The number of fused-ring (bicyclic) bond motifs is 1. The fourth-order valence-corrected chi connectivity index (χ4v) is 3.75. The fourth-order valence-electron chi connectivity index (χ4n) is 3.19. The van der Waals surface area contributed by atoms with E-state index in [0.29, 0.717) is 49.9 Å². The minimum Gasteiger partial charge on any atom is -0.493 e. The van der Waals surface area contributed by atoms with Crippen LogP contribution in [0.2, 0.25) is 15.1 Å². The van der Waals surface area contributed by atoms with Gasteiger partial charge in [-0.05, 0) is 42.5 Å². The van der Waals surface area contributed by atoms with Crippen molar-refractivity contribution >= 4 is 63.1 Å². The lowest BCUT2D eigenvalue weighted by atomic mass is 10.2. The van der Waals surface area contributed by atoms with E-state index < -0.39 is 6.03 Å². The summed E-state index contributed by atoms with van der Waals surface area (Å²) in [4.78, 5) is 16.8. The van der Waals surface area contributed by atoms with Gasteiger partial charge in [0.1, 0.15) is 11.5 Å². The van der Waals surface area contributed by atoms with Crippen molar-refractivity contribution < 1.29 is 19.0 Å². The number of carbonyl (C=O) groups excluding carboxylic acids is 1.